The first-order valence-electron chi connectivity index (χ1n) is 26.8. The van der Waals surface area contributed by atoms with Crippen molar-refractivity contribution in [2.24, 2.45) is 81.8 Å². The van der Waals surface area contributed by atoms with E-state index in [1.54, 1.807) is 5.57 Å². The second-order valence-electron chi connectivity index (χ2n) is 24.4. The van der Waals surface area contributed by atoms with Crippen LogP contribution in [-0.2, 0) is 0 Å². The summed E-state index contributed by atoms with van der Waals surface area (Å²) in [5.74, 6) is 11.0. The number of hydrogen-bond donors (Lipinski definition) is 1. The van der Waals surface area contributed by atoms with E-state index in [0.717, 1.165) is 83.9 Å². The van der Waals surface area contributed by atoms with Crippen molar-refractivity contribution in [1.82, 2.24) is 0 Å². The van der Waals surface area contributed by atoms with Crippen molar-refractivity contribution >= 4 is 0 Å². The summed E-state index contributed by atoms with van der Waals surface area (Å²) in [7, 11) is 0. The fourth-order valence-corrected chi connectivity index (χ4v) is 13.6. The number of rotatable bonds is 26. The SMILES string of the molecule is CC(C)CCCC(C)CCCC(C)CCCCC(C)CCCC(C)CCCC(C)C.CC(C)CCCC(C)[C@H]1CC[C@H]2[C@@H]3CC=C4C[C@@H](O)CC[C@]4(C)[C@H]3CC[C@]12C. The monoisotopic (exact) mass is 809 g/mol. The number of aliphatic hydroxyl groups excluding tert-OH is 1. The molecule has 1 nitrogen and oxygen atoms in total. The van der Waals surface area contributed by atoms with Gasteiger partial charge in [-0.15, -0.1) is 0 Å². The molecular weight excluding hydrogens is 701 g/mol. The molecule has 3 saturated carbocycles. The molecule has 4 aliphatic rings. The first-order valence-corrected chi connectivity index (χ1v) is 26.8. The van der Waals surface area contributed by atoms with Gasteiger partial charge in [0.1, 0.15) is 0 Å². The van der Waals surface area contributed by atoms with Gasteiger partial charge in [-0.25, -0.2) is 0 Å². The Balaban J connectivity index is 0.000000310. The summed E-state index contributed by atoms with van der Waals surface area (Å²) >= 11 is 0. The van der Waals surface area contributed by atoms with E-state index in [1.165, 1.54) is 161 Å². The Kier molecular flexibility index (Phi) is 23.6. The van der Waals surface area contributed by atoms with Crippen molar-refractivity contribution in [3.63, 3.8) is 0 Å². The molecule has 0 aromatic carbocycles. The zero-order chi connectivity index (χ0) is 42.9. The molecule has 0 spiro atoms. The molecule has 0 radical (unpaired) electrons. The summed E-state index contributed by atoms with van der Waals surface area (Å²) in [6.07, 6.45) is 40.3. The largest absolute Gasteiger partial charge is 0.393 e. The van der Waals surface area contributed by atoms with Crippen LogP contribution >= 0.6 is 0 Å². The van der Waals surface area contributed by atoms with Gasteiger partial charge in [-0.2, -0.15) is 0 Å². The third-order valence-electron chi connectivity index (χ3n) is 17.7. The lowest BCUT2D eigenvalue weighted by atomic mass is 9.47. The smallest absolute Gasteiger partial charge is 0.0577 e. The maximum absolute atomic E-state index is 10.2. The summed E-state index contributed by atoms with van der Waals surface area (Å²) in [6.45, 7) is 31.9. The average molecular weight is 809 g/mol. The predicted molar refractivity (Wildman–Crippen MR) is 259 cm³/mol. The molecule has 0 bridgehead atoms. The molecule has 0 heterocycles. The highest BCUT2D eigenvalue weighted by Crippen LogP contribution is 2.67. The Labute approximate surface area is 366 Å². The molecule has 1 N–H and O–H groups in total. The minimum absolute atomic E-state index is 0.0766. The van der Waals surface area contributed by atoms with Gasteiger partial charge in [0.05, 0.1) is 6.10 Å². The average Bonchev–Trinajstić information content (AvgIpc) is 3.51. The fraction of sp³-hybridized carbons (Fsp3) is 0.965. The Morgan fingerprint density at radius 1 is 0.500 bits per heavy atom. The first-order chi connectivity index (χ1) is 27.5. The van der Waals surface area contributed by atoms with E-state index in [4.69, 9.17) is 0 Å². The van der Waals surface area contributed by atoms with Gasteiger partial charge in [-0.1, -0.05) is 224 Å². The molecule has 4 aliphatic carbocycles. The van der Waals surface area contributed by atoms with Crippen LogP contribution in [0.25, 0.3) is 0 Å². The van der Waals surface area contributed by atoms with E-state index in [1.807, 2.05) is 0 Å². The summed E-state index contributed by atoms with van der Waals surface area (Å²) in [5.41, 5.74) is 2.60. The number of allylic oxidation sites excluding steroid dienone is 1. The van der Waals surface area contributed by atoms with Crippen molar-refractivity contribution < 1.29 is 5.11 Å². The van der Waals surface area contributed by atoms with Crippen LogP contribution in [0.2, 0.25) is 0 Å². The minimum atomic E-state index is -0.0766. The maximum Gasteiger partial charge on any atom is 0.0577 e. The molecule has 0 saturated heterocycles. The van der Waals surface area contributed by atoms with Gasteiger partial charge in [0.2, 0.25) is 0 Å². The van der Waals surface area contributed by atoms with Crippen LogP contribution in [0.15, 0.2) is 11.6 Å². The Bertz CT molecular complexity index is 1070. The highest BCUT2D eigenvalue weighted by atomic mass is 16.3. The van der Waals surface area contributed by atoms with Crippen LogP contribution in [-0.4, -0.2) is 11.2 Å². The molecule has 58 heavy (non-hydrogen) atoms. The van der Waals surface area contributed by atoms with E-state index in [9.17, 15) is 5.11 Å². The quantitative estimate of drug-likeness (QED) is 0.0682. The van der Waals surface area contributed by atoms with Crippen molar-refractivity contribution in [1.29, 1.82) is 0 Å². The predicted octanol–water partition coefficient (Wildman–Crippen LogP) is 18.5. The molecule has 3 fully saturated rings. The van der Waals surface area contributed by atoms with E-state index < -0.39 is 0 Å². The highest BCUT2D eigenvalue weighted by Gasteiger charge is 2.59. The lowest BCUT2D eigenvalue weighted by Gasteiger charge is -2.58. The van der Waals surface area contributed by atoms with Crippen LogP contribution in [0, 0.1) is 81.8 Å². The van der Waals surface area contributed by atoms with Crippen LogP contribution in [0.1, 0.15) is 263 Å². The molecule has 0 aromatic rings. The fourth-order valence-electron chi connectivity index (χ4n) is 13.6. The number of aliphatic hydroxyl groups is 1. The third kappa shape index (κ3) is 17.1. The number of unbranched alkanes of at least 4 members (excludes halogenated alkanes) is 1. The maximum atomic E-state index is 10.2. The van der Waals surface area contributed by atoms with Gasteiger partial charge in [-0.3, -0.25) is 0 Å². The zero-order valence-electron chi connectivity index (χ0n) is 42.1. The highest BCUT2D eigenvalue weighted by molar-refractivity contribution is 5.25. The van der Waals surface area contributed by atoms with Gasteiger partial charge in [0.25, 0.3) is 0 Å². The van der Waals surface area contributed by atoms with Crippen molar-refractivity contribution in [2.75, 3.05) is 0 Å². The molecule has 4 rings (SSSR count). The minimum Gasteiger partial charge on any atom is -0.393 e. The first kappa shape index (κ1) is 52.0. The second-order valence-corrected chi connectivity index (χ2v) is 24.4. The van der Waals surface area contributed by atoms with Gasteiger partial charge < -0.3 is 5.11 Å². The number of hydrogen-bond acceptors (Lipinski definition) is 1. The summed E-state index contributed by atoms with van der Waals surface area (Å²) in [5, 5.41) is 10.2. The topological polar surface area (TPSA) is 20.2 Å². The molecule has 0 aromatic heterocycles. The lowest BCUT2D eigenvalue weighted by Crippen LogP contribution is -2.50. The molecule has 1 heteroatoms. The summed E-state index contributed by atoms with van der Waals surface area (Å²) in [4.78, 5) is 0. The Morgan fingerprint density at radius 3 is 1.40 bits per heavy atom. The Hall–Kier alpha value is -0.300. The standard InChI is InChI=1S/C30H62.C27H46O/c1-25(2)15-11-19-29(7)23-13-21-27(5)17-9-10-18-28(6)22-14-24-30(8)20-12-16-26(3)4;1-18(2)7-6-8-19(3)23-11-12-24-22-10-9-20-17-21(28)13-15-26(20,4)25(22)14-16-27(23,24)5/h25-30H,9-24H2,1-8H3;9,18-19,21-25,28H,6-8,10-17H2,1-5H3/t;19?,21-,22-,23+,24-,25-,26-,27+/m.0/s1. The molecule has 12 atom stereocenters. The Morgan fingerprint density at radius 2 is 0.931 bits per heavy atom. The van der Waals surface area contributed by atoms with Crippen LogP contribution in [0.3, 0.4) is 0 Å². The van der Waals surface area contributed by atoms with E-state index in [0.29, 0.717) is 10.8 Å². The second kappa shape index (κ2) is 26.4. The van der Waals surface area contributed by atoms with Crippen LogP contribution in [0.5, 0.6) is 0 Å². The zero-order valence-corrected chi connectivity index (χ0v) is 42.1. The van der Waals surface area contributed by atoms with E-state index >= 15 is 0 Å². The van der Waals surface area contributed by atoms with E-state index in [2.05, 4.69) is 96.1 Å². The molecule has 0 amide bonds. The molecule has 342 valence electrons. The normalized spacial score (nSPS) is 30.8. The summed E-state index contributed by atoms with van der Waals surface area (Å²) < 4.78 is 0. The number of fused-ring (bicyclic) bond motifs is 5. The third-order valence-corrected chi connectivity index (χ3v) is 17.7. The molecule has 0 aliphatic heterocycles. The molecular formula is C57H108O. The van der Waals surface area contributed by atoms with E-state index in [-0.39, 0.29) is 6.10 Å². The van der Waals surface area contributed by atoms with Crippen molar-refractivity contribution in [3.05, 3.63) is 11.6 Å². The van der Waals surface area contributed by atoms with Crippen molar-refractivity contribution in [2.45, 2.75) is 269 Å². The van der Waals surface area contributed by atoms with Crippen LogP contribution in [0.4, 0.5) is 0 Å². The van der Waals surface area contributed by atoms with Gasteiger partial charge in [0.15, 0.2) is 0 Å². The van der Waals surface area contributed by atoms with Gasteiger partial charge in [-0.05, 0) is 133 Å². The lowest BCUT2D eigenvalue weighted by molar-refractivity contribution is -0.0573. The summed E-state index contributed by atoms with van der Waals surface area (Å²) in [6, 6.07) is 0. The van der Waals surface area contributed by atoms with Crippen molar-refractivity contribution in [3.8, 4) is 0 Å². The van der Waals surface area contributed by atoms with Gasteiger partial charge >= 0.3 is 0 Å². The van der Waals surface area contributed by atoms with Crippen LogP contribution < -0.4 is 0 Å². The molecule has 5 unspecified atom stereocenters. The van der Waals surface area contributed by atoms with Gasteiger partial charge in [0, 0.05) is 0 Å².